The first kappa shape index (κ1) is 17.1. The lowest BCUT2D eigenvalue weighted by Crippen LogP contribution is -2.41. The molecule has 0 spiro atoms. The first-order chi connectivity index (χ1) is 11.7. The van der Waals surface area contributed by atoms with Crippen LogP contribution < -0.4 is 5.32 Å². The summed E-state index contributed by atoms with van der Waals surface area (Å²) >= 11 is 3.43. The number of nitrogens with one attached hydrogen (secondary N) is 2. The Labute approximate surface area is 149 Å². The first-order valence-corrected chi connectivity index (χ1v) is 8.88. The highest BCUT2D eigenvalue weighted by Crippen LogP contribution is 2.19. The fourth-order valence-corrected chi connectivity index (χ4v) is 2.87. The maximum Gasteiger partial charge on any atom is 0.224 e. The van der Waals surface area contributed by atoms with Crippen molar-refractivity contribution in [3.05, 3.63) is 40.8 Å². The van der Waals surface area contributed by atoms with E-state index in [0.717, 1.165) is 21.6 Å². The van der Waals surface area contributed by atoms with Crippen molar-refractivity contribution >= 4 is 21.8 Å². The van der Waals surface area contributed by atoms with Gasteiger partial charge >= 0.3 is 0 Å². The van der Waals surface area contributed by atoms with Gasteiger partial charge in [0.25, 0.3) is 0 Å². The van der Waals surface area contributed by atoms with Gasteiger partial charge in [0.2, 0.25) is 5.91 Å². The van der Waals surface area contributed by atoms with Crippen LogP contribution in [0.25, 0.3) is 11.3 Å². The molecule has 0 atom stereocenters. The van der Waals surface area contributed by atoms with E-state index in [1.807, 2.05) is 35.4 Å². The topological polar surface area (TPSA) is 70.2 Å². The summed E-state index contributed by atoms with van der Waals surface area (Å²) in [5.74, 6) is 1.05. The Morgan fingerprint density at radius 3 is 2.79 bits per heavy atom. The molecule has 1 amide bonds. The van der Waals surface area contributed by atoms with Crippen LogP contribution in [0.2, 0.25) is 0 Å². The lowest BCUT2D eigenvalue weighted by molar-refractivity contribution is -0.135. The lowest BCUT2D eigenvalue weighted by Gasteiger charge is -2.26. The number of nitrogens with zero attached hydrogens (tertiary/aromatic N) is 2. The minimum atomic E-state index is 0.181. The average Bonchev–Trinajstić information content (AvgIpc) is 3.09. The maximum absolute atomic E-state index is 12.0. The Kier molecular flexibility index (Phi) is 6.01. The van der Waals surface area contributed by atoms with Gasteiger partial charge < -0.3 is 19.9 Å². The van der Waals surface area contributed by atoms with Gasteiger partial charge in [-0.3, -0.25) is 4.79 Å². The molecular formula is C17H21BrN4O2. The number of hydrogen-bond donors (Lipinski definition) is 2. The number of carbonyl (C=O) groups is 1. The number of H-pyrrole nitrogens is 1. The Hall–Kier alpha value is -1.70. The van der Waals surface area contributed by atoms with E-state index in [1.54, 1.807) is 0 Å². The number of hydrogen-bond acceptors (Lipinski definition) is 4. The van der Waals surface area contributed by atoms with Gasteiger partial charge in [0.05, 0.1) is 31.6 Å². The molecule has 1 fully saturated rings. The fourth-order valence-electron chi connectivity index (χ4n) is 2.60. The molecule has 0 radical (unpaired) electrons. The van der Waals surface area contributed by atoms with E-state index in [-0.39, 0.29) is 5.91 Å². The van der Waals surface area contributed by atoms with E-state index in [4.69, 9.17) is 4.74 Å². The zero-order valence-electron chi connectivity index (χ0n) is 13.4. The number of aromatic nitrogens is 2. The molecule has 1 aromatic heterocycles. The Morgan fingerprint density at radius 2 is 2.04 bits per heavy atom. The number of halogens is 1. The smallest absolute Gasteiger partial charge is 0.224 e. The second-order valence-electron chi connectivity index (χ2n) is 5.67. The highest BCUT2D eigenvalue weighted by Gasteiger charge is 2.15. The van der Waals surface area contributed by atoms with Crippen LogP contribution in [0.5, 0.6) is 0 Å². The molecule has 0 aliphatic carbocycles. The maximum atomic E-state index is 12.0. The van der Waals surface area contributed by atoms with E-state index in [2.05, 4.69) is 31.2 Å². The largest absolute Gasteiger partial charge is 0.378 e. The predicted octanol–water partition coefficient (Wildman–Crippen LogP) is 2.18. The standard InChI is InChI=1S/C17H21BrN4O2/c18-14-3-1-13(2-4-14)15-11-20-16(21-15)12-19-6-5-17(23)22-7-9-24-10-8-22/h1-4,11,19H,5-10,12H2,(H,20,21). The molecule has 128 valence electrons. The van der Waals surface area contributed by atoms with Gasteiger partial charge in [0, 0.05) is 30.5 Å². The molecule has 0 bridgehead atoms. The number of amides is 1. The van der Waals surface area contributed by atoms with Gasteiger partial charge in [-0.2, -0.15) is 0 Å². The van der Waals surface area contributed by atoms with Crippen molar-refractivity contribution < 1.29 is 9.53 Å². The monoisotopic (exact) mass is 392 g/mol. The Morgan fingerprint density at radius 1 is 1.29 bits per heavy atom. The molecule has 2 N–H and O–H groups in total. The van der Waals surface area contributed by atoms with Crippen LogP contribution in [0.4, 0.5) is 0 Å². The summed E-state index contributed by atoms with van der Waals surface area (Å²) in [4.78, 5) is 21.6. The highest BCUT2D eigenvalue weighted by atomic mass is 79.9. The molecule has 2 heterocycles. The molecule has 3 rings (SSSR count). The van der Waals surface area contributed by atoms with Crippen molar-refractivity contribution in [1.82, 2.24) is 20.2 Å². The van der Waals surface area contributed by atoms with E-state index in [1.165, 1.54) is 0 Å². The normalized spacial score (nSPS) is 14.8. The second-order valence-corrected chi connectivity index (χ2v) is 6.59. The minimum Gasteiger partial charge on any atom is -0.378 e. The Balaban J connectivity index is 1.42. The third kappa shape index (κ3) is 4.66. The van der Waals surface area contributed by atoms with Crippen molar-refractivity contribution in [2.45, 2.75) is 13.0 Å². The highest BCUT2D eigenvalue weighted by molar-refractivity contribution is 9.10. The van der Waals surface area contributed by atoms with Crippen LogP contribution in [0, 0.1) is 0 Å². The van der Waals surface area contributed by atoms with E-state index in [0.29, 0.717) is 45.8 Å². The van der Waals surface area contributed by atoms with E-state index < -0.39 is 0 Å². The molecule has 24 heavy (non-hydrogen) atoms. The summed E-state index contributed by atoms with van der Waals surface area (Å²) in [5, 5.41) is 3.27. The number of morpholine rings is 1. The molecule has 2 aromatic rings. The van der Waals surface area contributed by atoms with Crippen LogP contribution in [0.15, 0.2) is 34.9 Å². The van der Waals surface area contributed by atoms with Gasteiger partial charge in [0.1, 0.15) is 5.82 Å². The fraction of sp³-hybridized carbons (Fsp3) is 0.412. The summed E-state index contributed by atoms with van der Waals surface area (Å²) in [6.45, 7) is 3.95. The molecule has 1 aromatic carbocycles. The van der Waals surface area contributed by atoms with Crippen LogP contribution in [0.3, 0.4) is 0 Å². The van der Waals surface area contributed by atoms with Gasteiger partial charge in [-0.25, -0.2) is 4.98 Å². The molecular weight excluding hydrogens is 372 g/mol. The SMILES string of the molecule is O=C(CCNCc1ncc(-c2ccc(Br)cc2)[nH]1)N1CCOCC1. The second kappa shape index (κ2) is 8.41. The number of ether oxygens (including phenoxy) is 1. The Bertz CT molecular complexity index is 665. The summed E-state index contributed by atoms with van der Waals surface area (Å²) in [5.41, 5.74) is 2.09. The third-order valence-corrected chi connectivity index (χ3v) is 4.48. The molecule has 1 saturated heterocycles. The van der Waals surface area contributed by atoms with Crippen LogP contribution in [0.1, 0.15) is 12.2 Å². The summed E-state index contributed by atoms with van der Waals surface area (Å²) in [6, 6.07) is 8.09. The van der Waals surface area contributed by atoms with Crippen LogP contribution >= 0.6 is 15.9 Å². The number of carbonyl (C=O) groups excluding carboxylic acids is 1. The quantitative estimate of drug-likeness (QED) is 0.739. The number of aromatic amines is 1. The first-order valence-electron chi connectivity index (χ1n) is 8.08. The van der Waals surface area contributed by atoms with Crippen molar-refractivity contribution in [2.24, 2.45) is 0 Å². The number of rotatable bonds is 6. The average molecular weight is 393 g/mol. The third-order valence-electron chi connectivity index (χ3n) is 3.96. The molecule has 1 aliphatic rings. The number of benzene rings is 1. The molecule has 0 unspecified atom stereocenters. The molecule has 7 heteroatoms. The van der Waals surface area contributed by atoms with Crippen LogP contribution in [-0.2, 0) is 16.1 Å². The molecule has 6 nitrogen and oxygen atoms in total. The summed E-state index contributed by atoms with van der Waals surface area (Å²) in [7, 11) is 0. The van der Waals surface area contributed by atoms with Gasteiger partial charge in [0.15, 0.2) is 0 Å². The van der Waals surface area contributed by atoms with Crippen molar-refractivity contribution in [2.75, 3.05) is 32.8 Å². The lowest BCUT2D eigenvalue weighted by atomic mass is 10.2. The zero-order valence-corrected chi connectivity index (χ0v) is 15.0. The zero-order chi connectivity index (χ0) is 16.8. The molecule has 1 aliphatic heterocycles. The minimum absolute atomic E-state index is 0.181. The number of imidazole rings is 1. The molecule has 0 saturated carbocycles. The van der Waals surface area contributed by atoms with Crippen molar-refractivity contribution in [3.63, 3.8) is 0 Å². The van der Waals surface area contributed by atoms with E-state index >= 15 is 0 Å². The van der Waals surface area contributed by atoms with Gasteiger partial charge in [-0.05, 0) is 17.7 Å². The van der Waals surface area contributed by atoms with Gasteiger partial charge in [-0.15, -0.1) is 0 Å². The van der Waals surface area contributed by atoms with Crippen molar-refractivity contribution in [3.8, 4) is 11.3 Å². The van der Waals surface area contributed by atoms with Gasteiger partial charge in [-0.1, -0.05) is 28.1 Å². The summed E-state index contributed by atoms with van der Waals surface area (Å²) in [6.07, 6.45) is 2.33. The predicted molar refractivity (Wildman–Crippen MR) is 95.4 cm³/mol. The van der Waals surface area contributed by atoms with Crippen LogP contribution in [-0.4, -0.2) is 53.6 Å². The van der Waals surface area contributed by atoms with E-state index in [9.17, 15) is 4.79 Å². The summed E-state index contributed by atoms with van der Waals surface area (Å²) < 4.78 is 6.31. The van der Waals surface area contributed by atoms with Crippen molar-refractivity contribution in [1.29, 1.82) is 0 Å².